The van der Waals surface area contributed by atoms with Crippen molar-refractivity contribution >= 4 is 17.8 Å². The molecule has 1 aliphatic carbocycles. The van der Waals surface area contributed by atoms with E-state index in [9.17, 15) is 0 Å². The topological polar surface area (TPSA) is 90.9 Å². The van der Waals surface area contributed by atoms with Crippen LogP contribution in [0, 0.1) is 0 Å². The van der Waals surface area contributed by atoms with Gasteiger partial charge in [0.05, 0.1) is 0 Å². The molecule has 1 saturated carbocycles. The quantitative estimate of drug-likeness (QED) is 0.437. The highest BCUT2D eigenvalue weighted by Gasteiger charge is 2.21. The van der Waals surface area contributed by atoms with Crippen LogP contribution >= 0.6 is 0 Å². The summed E-state index contributed by atoms with van der Waals surface area (Å²) in [5, 5.41) is 10.5. The number of nitrogens with zero attached hydrogens (tertiary/aromatic N) is 5. The van der Waals surface area contributed by atoms with Gasteiger partial charge in [-0.15, -0.1) is 0 Å². The first-order chi connectivity index (χ1) is 16.8. The molecular formula is C26H34N8. The molecule has 3 heterocycles. The molecule has 34 heavy (non-hydrogen) atoms. The number of piperidine rings is 1. The highest BCUT2D eigenvalue weighted by atomic mass is 15.3. The number of aromatic nitrogens is 4. The lowest BCUT2D eigenvalue weighted by Crippen LogP contribution is -2.39. The molecule has 0 unspecified atom stereocenters. The number of hydrogen-bond donors (Lipinski definition) is 3. The summed E-state index contributed by atoms with van der Waals surface area (Å²) in [6, 6.07) is 15.5. The second kappa shape index (κ2) is 11.2. The van der Waals surface area contributed by atoms with Crippen LogP contribution in [0.3, 0.4) is 0 Å². The summed E-state index contributed by atoms with van der Waals surface area (Å²) in [7, 11) is 0. The number of pyridine rings is 1. The molecule has 2 aromatic heterocycles. The number of benzene rings is 1. The van der Waals surface area contributed by atoms with E-state index in [1.54, 1.807) is 12.4 Å². The lowest BCUT2D eigenvalue weighted by atomic mass is 10.0. The van der Waals surface area contributed by atoms with E-state index in [1.807, 2.05) is 12.1 Å². The first-order valence-electron chi connectivity index (χ1n) is 12.5. The third-order valence-electron chi connectivity index (χ3n) is 6.69. The van der Waals surface area contributed by atoms with Crippen molar-refractivity contribution in [3.05, 3.63) is 66.0 Å². The molecule has 0 bridgehead atoms. The average Bonchev–Trinajstić information content (AvgIpc) is 3.38. The molecule has 3 aromatic rings. The molecule has 2 aliphatic rings. The Morgan fingerprint density at radius 1 is 0.706 bits per heavy atom. The van der Waals surface area contributed by atoms with Gasteiger partial charge in [-0.25, -0.2) is 0 Å². The predicted octanol–water partition coefficient (Wildman–Crippen LogP) is 4.31. The van der Waals surface area contributed by atoms with E-state index in [0.717, 1.165) is 38.0 Å². The molecule has 178 valence electrons. The Morgan fingerprint density at radius 2 is 1.32 bits per heavy atom. The first kappa shape index (κ1) is 22.5. The molecule has 5 rings (SSSR count). The maximum Gasteiger partial charge on any atom is 0.229 e. The Hall–Kier alpha value is -3.26. The summed E-state index contributed by atoms with van der Waals surface area (Å²) >= 11 is 0. The van der Waals surface area contributed by atoms with Crippen LogP contribution in [-0.4, -0.2) is 50.0 Å². The van der Waals surface area contributed by atoms with Gasteiger partial charge in [-0.2, -0.15) is 15.0 Å². The van der Waals surface area contributed by atoms with Crippen LogP contribution < -0.4 is 16.0 Å². The van der Waals surface area contributed by atoms with E-state index in [1.165, 1.54) is 31.2 Å². The molecule has 0 amide bonds. The maximum absolute atomic E-state index is 4.72. The largest absolute Gasteiger partial charge is 0.351 e. The fraction of sp³-hybridized carbons (Fsp3) is 0.462. The SMILES string of the molecule is c1ccc(CN2CCC(Nc3nc(NCc4ccncc4)nc(NC4CCCC4)n3)CC2)cc1. The zero-order valence-electron chi connectivity index (χ0n) is 19.7. The van der Waals surface area contributed by atoms with Crippen molar-refractivity contribution in [2.45, 2.75) is 63.7 Å². The van der Waals surface area contributed by atoms with E-state index in [4.69, 9.17) is 9.97 Å². The van der Waals surface area contributed by atoms with E-state index in [2.05, 4.69) is 61.2 Å². The standard InChI is InChI=1S/C26H34N8/c1-2-6-21(7-3-1)19-34-16-12-23(13-17-34)30-26-32-24(28-18-20-10-14-27-15-11-20)31-25(33-26)29-22-8-4-5-9-22/h1-3,6-7,10-11,14-15,22-23H,4-5,8-9,12-13,16-19H2,(H3,28,29,30,31,32,33). The normalized spacial score (nSPS) is 17.5. The van der Waals surface area contributed by atoms with Crippen molar-refractivity contribution in [1.29, 1.82) is 0 Å². The zero-order valence-corrected chi connectivity index (χ0v) is 19.7. The molecular weight excluding hydrogens is 424 g/mol. The summed E-state index contributed by atoms with van der Waals surface area (Å²) < 4.78 is 0. The highest BCUT2D eigenvalue weighted by molar-refractivity contribution is 5.43. The summed E-state index contributed by atoms with van der Waals surface area (Å²) in [5.74, 6) is 1.90. The van der Waals surface area contributed by atoms with Crippen molar-refractivity contribution in [1.82, 2.24) is 24.8 Å². The minimum Gasteiger partial charge on any atom is -0.351 e. The molecule has 0 spiro atoms. The van der Waals surface area contributed by atoms with Crippen LogP contribution in [0.1, 0.15) is 49.7 Å². The number of hydrogen-bond acceptors (Lipinski definition) is 8. The molecule has 8 nitrogen and oxygen atoms in total. The lowest BCUT2D eigenvalue weighted by Gasteiger charge is -2.32. The first-order valence-corrected chi connectivity index (χ1v) is 12.5. The second-order valence-electron chi connectivity index (χ2n) is 9.32. The Labute approximate surface area is 201 Å². The van der Waals surface area contributed by atoms with Gasteiger partial charge in [-0.05, 0) is 48.9 Å². The molecule has 1 aliphatic heterocycles. The van der Waals surface area contributed by atoms with Crippen molar-refractivity contribution in [3.8, 4) is 0 Å². The van der Waals surface area contributed by atoms with Gasteiger partial charge in [0, 0.05) is 50.7 Å². The van der Waals surface area contributed by atoms with Gasteiger partial charge in [-0.1, -0.05) is 43.2 Å². The smallest absolute Gasteiger partial charge is 0.229 e. The lowest BCUT2D eigenvalue weighted by molar-refractivity contribution is 0.211. The molecule has 3 N–H and O–H groups in total. The average molecular weight is 459 g/mol. The Kier molecular flexibility index (Phi) is 7.45. The van der Waals surface area contributed by atoms with Crippen molar-refractivity contribution in [2.75, 3.05) is 29.0 Å². The van der Waals surface area contributed by atoms with E-state index < -0.39 is 0 Å². The van der Waals surface area contributed by atoms with Gasteiger partial charge in [0.1, 0.15) is 0 Å². The molecule has 1 saturated heterocycles. The number of rotatable bonds is 9. The van der Waals surface area contributed by atoms with Crippen LogP contribution in [0.15, 0.2) is 54.9 Å². The number of anilines is 3. The second-order valence-corrected chi connectivity index (χ2v) is 9.32. The Balaban J connectivity index is 1.21. The van der Waals surface area contributed by atoms with Crippen LogP contribution in [0.2, 0.25) is 0 Å². The fourth-order valence-corrected chi connectivity index (χ4v) is 4.78. The fourth-order valence-electron chi connectivity index (χ4n) is 4.78. The van der Waals surface area contributed by atoms with E-state index in [-0.39, 0.29) is 0 Å². The van der Waals surface area contributed by atoms with E-state index >= 15 is 0 Å². The molecule has 8 heteroatoms. The third-order valence-corrected chi connectivity index (χ3v) is 6.69. The summed E-state index contributed by atoms with van der Waals surface area (Å²) in [5.41, 5.74) is 2.51. The monoisotopic (exact) mass is 458 g/mol. The maximum atomic E-state index is 4.72. The minimum atomic E-state index is 0.363. The third kappa shape index (κ3) is 6.41. The van der Waals surface area contributed by atoms with Crippen LogP contribution in [-0.2, 0) is 13.1 Å². The van der Waals surface area contributed by atoms with Gasteiger partial charge in [0.15, 0.2) is 0 Å². The summed E-state index contributed by atoms with van der Waals surface area (Å²) in [4.78, 5) is 20.7. The molecule has 2 fully saturated rings. The van der Waals surface area contributed by atoms with Gasteiger partial charge in [0.25, 0.3) is 0 Å². The van der Waals surface area contributed by atoms with Gasteiger partial charge in [0.2, 0.25) is 17.8 Å². The van der Waals surface area contributed by atoms with Crippen LogP contribution in [0.5, 0.6) is 0 Å². The summed E-state index contributed by atoms with van der Waals surface area (Å²) in [6.07, 6.45) is 10.6. The minimum absolute atomic E-state index is 0.363. The van der Waals surface area contributed by atoms with Crippen molar-refractivity contribution in [2.24, 2.45) is 0 Å². The molecule has 1 aromatic carbocycles. The number of likely N-dealkylation sites (tertiary alicyclic amines) is 1. The zero-order chi connectivity index (χ0) is 23.0. The Morgan fingerprint density at radius 3 is 2.00 bits per heavy atom. The van der Waals surface area contributed by atoms with Gasteiger partial charge >= 0.3 is 0 Å². The molecule has 0 atom stereocenters. The van der Waals surface area contributed by atoms with Crippen molar-refractivity contribution < 1.29 is 0 Å². The molecule has 0 radical (unpaired) electrons. The highest BCUT2D eigenvalue weighted by Crippen LogP contribution is 2.23. The van der Waals surface area contributed by atoms with Crippen LogP contribution in [0.4, 0.5) is 17.8 Å². The van der Waals surface area contributed by atoms with Gasteiger partial charge < -0.3 is 16.0 Å². The van der Waals surface area contributed by atoms with Gasteiger partial charge in [-0.3, -0.25) is 9.88 Å². The number of nitrogens with one attached hydrogen (secondary N) is 3. The van der Waals surface area contributed by atoms with Crippen LogP contribution in [0.25, 0.3) is 0 Å². The van der Waals surface area contributed by atoms with Crippen molar-refractivity contribution in [3.63, 3.8) is 0 Å². The Bertz CT molecular complexity index is 1020. The van der Waals surface area contributed by atoms with E-state index in [0.29, 0.717) is 36.5 Å². The predicted molar refractivity (Wildman–Crippen MR) is 136 cm³/mol. The summed E-state index contributed by atoms with van der Waals surface area (Å²) in [6.45, 7) is 3.79.